The number of aromatic amines is 1. The van der Waals surface area contributed by atoms with Crippen molar-refractivity contribution in [1.29, 1.82) is 0 Å². The molecule has 5 nitrogen and oxygen atoms in total. The van der Waals surface area contributed by atoms with E-state index in [-0.39, 0.29) is 11.5 Å². The molecule has 88 valence electrons. The average Bonchev–Trinajstić information content (AvgIpc) is 2.26. The van der Waals surface area contributed by atoms with Gasteiger partial charge in [0.2, 0.25) is 5.56 Å². The van der Waals surface area contributed by atoms with E-state index >= 15 is 0 Å². The van der Waals surface area contributed by atoms with Gasteiger partial charge in [-0.3, -0.25) is 15.0 Å². The third kappa shape index (κ3) is 2.34. The van der Waals surface area contributed by atoms with Crippen molar-refractivity contribution in [3.05, 3.63) is 46.2 Å². The highest BCUT2D eigenvalue weighted by atomic mass is 16.2. The number of fused-ring (bicyclic) bond motifs is 1. The lowest BCUT2D eigenvalue weighted by atomic mass is 10.1. The number of rotatable bonds is 2. The zero-order chi connectivity index (χ0) is 12.4. The zero-order valence-corrected chi connectivity index (χ0v) is 9.65. The van der Waals surface area contributed by atoms with Crippen LogP contribution in [0.4, 0.5) is 0 Å². The van der Waals surface area contributed by atoms with Gasteiger partial charge in [0.15, 0.2) is 0 Å². The summed E-state index contributed by atoms with van der Waals surface area (Å²) in [4.78, 5) is 26.1. The smallest absolute Gasteiger partial charge is 0.266 e. The number of nitrogens with one attached hydrogen (secondary N) is 2. The van der Waals surface area contributed by atoms with Crippen LogP contribution in [-0.2, 0) is 0 Å². The van der Waals surface area contributed by atoms with E-state index in [0.717, 1.165) is 5.39 Å². The summed E-state index contributed by atoms with van der Waals surface area (Å²) in [6, 6.07) is 8.51. The van der Waals surface area contributed by atoms with Crippen LogP contribution in [-0.4, -0.2) is 30.0 Å². The Hall–Kier alpha value is -2.14. The largest absolute Gasteiger partial charge is 0.322 e. The number of carbonyl (C=O) groups excluding carboxylic acids is 1. The van der Waals surface area contributed by atoms with Crippen LogP contribution in [0.5, 0.6) is 0 Å². The van der Waals surface area contributed by atoms with Gasteiger partial charge in [0, 0.05) is 31.1 Å². The number of hydrogen-bond donors (Lipinski definition) is 2. The van der Waals surface area contributed by atoms with E-state index in [2.05, 4.69) is 10.4 Å². The number of hydrazine groups is 1. The Kier molecular flexibility index (Phi) is 2.93. The van der Waals surface area contributed by atoms with Gasteiger partial charge in [0.1, 0.15) is 0 Å². The fourth-order valence-corrected chi connectivity index (χ4v) is 1.66. The van der Waals surface area contributed by atoms with Crippen LogP contribution in [0, 0.1) is 0 Å². The third-order valence-electron chi connectivity index (χ3n) is 2.32. The molecule has 17 heavy (non-hydrogen) atoms. The summed E-state index contributed by atoms with van der Waals surface area (Å²) in [5.41, 5.74) is 3.36. The standard InChI is InChI=1S/C12H13N3O2/c1-15(2)14-12(17)9-7-11(16)13-10-6-4-3-5-8(9)10/h3-7H,1-2H3,(H,13,16)(H,14,17). The highest BCUT2D eigenvalue weighted by molar-refractivity contribution is 6.05. The molecular formula is C12H13N3O2. The fourth-order valence-electron chi connectivity index (χ4n) is 1.66. The Labute approximate surface area is 98.0 Å². The number of nitrogens with zero attached hydrogens (tertiary/aromatic N) is 1. The topological polar surface area (TPSA) is 65.2 Å². The summed E-state index contributed by atoms with van der Waals surface area (Å²) in [6.45, 7) is 0. The van der Waals surface area contributed by atoms with Crippen molar-refractivity contribution >= 4 is 16.8 Å². The first-order valence-electron chi connectivity index (χ1n) is 5.18. The SMILES string of the molecule is CN(C)NC(=O)c1cc(=O)[nH]c2ccccc12. The molecule has 0 aliphatic carbocycles. The van der Waals surface area contributed by atoms with Gasteiger partial charge in [-0.2, -0.15) is 0 Å². The maximum Gasteiger partial charge on any atom is 0.266 e. The van der Waals surface area contributed by atoms with E-state index in [1.807, 2.05) is 12.1 Å². The molecule has 0 aliphatic rings. The van der Waals surface area contributed by atoms with Gasteiger partial charge in [-0.25, -0.2) is 5.01 Å². The minimum absolute atomic E-state index is 0.285. The quantitative estimate of drug-likeness (QED) is 0.749. The molecule has 2 aromatic rings. The Balaban J connectivity index is 2.60. The molecule has 0 aliphatic heterocycles. The van der Waals surface area contributed by atoms with Crippen molar-refractivity contribution in [1.82, 2.24) is 15.4 Å². The van der Waals surface area contributed by atoms with E-state index in [0.29, 0.717) is 11.1 Å². The molecule has 0 bridgehead atoms. The summed E-state index contributed by atoms with van der Waals surface area (Å²) >= 11 is 0. The van der Waals surface area contributed by atoms with Gasteiger partial charge < -0.3 is 4.98 Å². The molecule has 0 unspecified atom stereocenters. The van der Waals surface area contributed by atoms with Gasteiger partial charge >= 0.3 is 0 Å². The number of pyridine rings is 1. The summed E-state index contributed by atoms with van der Waals surface area (Å²) in [5.74, 6) is -0.294. The second kappa shape index (κ2) is 4.39. The van der Waals surface area contributed by atoms with Crippen molar-refractivity contribution in [3.63, 3.8) is 0 Å². The lowest BCUT2D eigenvalue weighted by Crippen LogP contribution is -2.36. The van der Waals surface area contributed by atoms with E-state index in [9.17, 15) is 9.59 Å². The summed E-state index contributed by atoms with van der Waals surface area (Å²) < 4.78 is 0. The average molecular weight is 231 g/mol. The molecule has 2 N–H and O–H groups in total. The van der Waals surface area contributed by atoms with Gasteiger partial charge in [0.25, 0.3) is 5.91 Å². The lowest BCUT2D eigenvalue weighted by molar-refractivity contribution is 0.0858. The van der Waals surface area contributed by atoms with E-state index in [1.54, 1.807) is 26.2 Å². The highest BCUT2D eigenvalue weighted by Gasteiger charge is 2.11. The number of aromatic nitrogens is 1. The van der Waals surface area contributed by atoms with Crippen molar-refractivity contribution in [2.45, 2.75) is 0 Å². The van der Waals surface area contributed by atoms with Crippen LogP contribution in [0.2, 0.25) is 0 Å². The van der Waals surface area contributed by atoms with Crippen LogP contribution >= 0.6 is 0 Å². The molecule has 1 aromatic heterocycles. The van der Waals surface area contributed by atoms with Crippen molar-refractivity contribution in [3.8, 4) is 0 Å². The molecule has 0 fully saturated rings. The maximum absolute atomic E-state index is 11.9. The van der Waals surface area contributed by atoms with Crippen molar-refractivity contribution in [2.75, 3.05) is 14.1 Å². The van der Waals surface area contributed by atoms with Crippen molar-refractivity contribution < 1.29 is 4.79 Å². The maximum atomic E-state index is 11.9. The molecule has 1 aromatic carbocycles. The van der Waals surface area contributed by atoms with Crippen LogP contribution in [0.3, 0.4) is 0 Å². The number of benzene rings is 1. The van der Waals surface area contributed by atoms with Crippen LogP contribution in [0.25, 0.3) is 10.9 Å². The number of H-pyrrole nitrogens is 1. The molecule has 0 radical (unpaired) electrons. The summed E-state index contributed by atoms with van der Waals surface area (Å²) in [5, 5.41) is 2.27. The summed E-state index contributed by atoms with van der Waals surface area (Å²) in [6.07, 6.45) is 0. The van der Waals surface area contributed by atoms with Gasteiger partial charge in [-0.1, -0.05) is 18.2 Å². The minimum Gasteiger partial charge on any atom is -0.322 e. The number of hydrogen-bond acceptors (Lipinski definition) is 3. The third-order valence-corrected chi connectivity index (χ3v) is 2.32. The highest BCUT2D eigenvalue weighted by Crippen LogP contribution is 2.14. The molecule has 1 amide bonds. The monoisotopic (exact) mass is 231 g/mol. The van der Waals surface area contributed by atoms with E-state index in [1.165, 1.54) is 11.1 Å². The molecule has 0 saturated carbocycles. The predicted molar refractivity (Wildman–Crippen MR) is 65.7 cm³/mol. The predicted octanol–water partition coefficient (Wildman–Crippen LogP) is 0.734. The molecule has 0 saturated heterocycles. The number of carbonyl (C=O) groups is 1. The number of para-hydroxylation sites is 1. The van der Waals surface area contributed by atoms with Gasteiger partial charge in [-0.15, -0.1) is 0 Å². The molecule has 0 atom stereocenters. The Morgan fingerprint density at radius 3 is 2.71 bits per heavy atom. The molecule has 2 rings (SSSR count). The molecular weight excluding hydrogens is 218 g/mol. The fraction of sp³-hybridized carbons (Fsp3) is 0.167. The lowest BCUT2D eigenvalue weighted by Gasteiger charge is -2.12. The molecule has 0 spiro atoms. The zero-order valence-electron chi connectivity index (χ0n) is 9.65. The van der Waals surface area contributed by atoms with E-state index in [4.69, 9.17) is 0 Å². The minimum atomic E-state index is -0.294. The second-order valence-corrected chi connectivity index (χ2v) is 3.93. The first kappa shape index (κ1) is 11.3. The summed E-state index contributed by atoms with van der Waals surface area (Å²) in [7, 11) is 3.43. The van der Waals surface area contributed by atoms with Gasteiger partial charge in [-0.05, 0) is 6.07 Å². The Morgan fingerprint density at radius 1 is 1.29 bits per heavy atom. The second-order valence-electron chi connectivity index (χ2n) is 3.93. The first-order valence-corrected chi connectivity index (χ1v) is 5.18. The van der Waals surface area contributed by atoms with Crippen LogP contribution < -0.4 is 11.0 Å². The molecule has 1 heterocycles. The Morgan fingerprint density at radius 2 is 2.00 bits per heavy atom. The normalized spacial score (nSPS) is 10.8. The van der Waals surface area contributed by atoms with Crippen LogP contribution in [0.1, 0.15) is 10.4 Å². The first-order chi connectivity index (χ1) is 8.08. The van der Waals surface area contributed by atoms with E-state index < -0.39 is 0 Å². The Bertz CT molecular complexity index is 616. The van der Waals surface area contributed by atoms with Gasteiger partial charge in [0.05, 0.1) is 5.56 Å². The van der Waals surface area contributed by atoms with Crippen LogP contribution in [0.15, 0.2) is 35.1 Å². The molecule has 5 heteroatoms. The number of amides is 1. The van der Waals surface area contributed by atoms with Crippen molar-refractivity contribution in [2.24, 2.45) is 0 Å².